The second-order valence-electron chi connectivity index (χ2n) is 9.87. The zero-order valence-electron chi connectivity index (χ0n) is 23.4. The molecule has 0 radical (unpaired) electrons. The molecule has 5 rings (SSSR count). The summed E-state index contributed by atoms with van der Waals surface area (Å²) in [7, 11) is 0. The Bertz CT molecular complexity index is 1510. The van der Waals surface area contributed by atoms with E-state index in [-0.39, 0.29) is 13.2 Å². The molecular weight excluding hydrogens is 520 g/mol. The number of aliphatic hydroxyl groups is 2. The number of ether oxygens (including phenoxy) is 2. The van der Waals surface area contributed by atoms with Crippen LogP contribution in [0.15, 0.2) is 133 Å². The van der Waals surface area contributed by atoms with Gasteiger partial charge in [-0.15, -0.1) is 0 Å². The highest BCUT2D eigenvalue weighted by Crippen LogP contribution is 2.28. The Morgan fingerprint density at radius 3 is 1.31 bits per heavy atom. The van der Waals surface area contributed by atoms with E-state index in [4.69, 9.17) is 19.7 Å². The van der Waals surface area contributed by atoms with Crippen LogP contribution in [-0.2, 0) is 13.2 Å². The van der Waals surface area contributed by atoms with Crippen molar-refractivity contribution in [2.75, 3.05) is 13.2 Å². The van der Waals surface area contributed by atoms with E-state index in [0.29, 0.717) is 13.2 Å². The van der Waals surface area contributed by atoms with Gasteiger partial charge in [-0.3, -0.25) is 0 Å². The first-order chi connectivity index (χ1) is 20.7. The van der Waals surface area contributed by atoms with Crippen molar-refractivity contribution in [3.8, 4) is 33.8 Å². The second-order valence-corrected chi connectivity index (χ2v) is 9.87. The summed E-state index contributed by atoms with van der Waals surface area (Å²) in [5.74, 6) is 1.59. The van der Waals surface area contributed by atoms with Crippen LogP contribution in [-0.4, -0.2) is 23.4 Å². The van der Waals surface area contributed by atoms with Crippen molar-refractivity contribution in [2.24, 2.45) is 0 Å². The van der Waals surface area contributed by atoms with Gasteiger partial charge < -0.3 is 19.7 Å². The van der Waals surface area contributed by atoms with Gasteiger partial charge in [0.2, 0.25) is 0 Å². The Morgan fingerprint density at radius 1 is 0.452 bits per heavy atom. The van der Waals surface area contributed by atoms with Crippen molar-refractivity contribution in [3.05, 3.63) is 156 Å². The van der Waals surface area contributed by atoms with Crippen LogP contribution < -0.4 is 9.47 Å². The van der Waals surface area contributed by atoms with Crippen LogP contribution in [0.2, 0.25) is 0 Å². The first-order valence-electron chi connectivity index (χ1n) is 14.0. The van der Waals surface area contributed by atoms with Gasteiger partial charge in [0, 0.05) is 0 Å². The van der Waals surface area contributed by atoms with Gasteiger partial charge in [-0.05, 0) is 74.8 Å². The lowest BCUT2D eigenvalue weighted by Crippen LogP contribution is -1.96. The number of rotatable bonds is 12. The van der Waals surface area contributed by atoms with E-state index in [1.165, 1.54) is 0 Å². The predicted molar refractivity (Wildman–Crippen MR) is 171 cm³/mol. The fraction of sp³-hybridized carbons (Fsp3) is 0.105. The largest absolute Gasteiger partial charge is 0.489 e. The van der Waals surface area contributed by atoms with E-state index in [1.54, 1.807) is 12.2 Å². The van der Waals surface area contributed by atoms with Gasteiger partial charge in [-0.25, -0.2) is 0 Å². The SMILES string of the molecule is OC/C=C/c1cccc(OCc2ccc(-c3cccc(-c4ccc(COc5cccc(/C=C/CO)c5)cc4)c3)cc2)c1. The summed E-state index contributed by atoms with van der Waals surface area (Å²) in [5.41, 5.74) is 8.80. The van der Waals surface area contributed by atoms with Crippen LogP contribution >= 0.6 is 0 Å². The standard InChI is InChI=1S/C38H34O4/c39-22-4-8-29-6-1-12-37(24-29)41-27-31-14-18-33(19-15-31)35-10-3-11-36(26-35)34-20-16-32(17-21-34)28-42-38-13-2-7-30(25-38)9-5-23-40/h1-21,24-26,39-40H,22-23,27-28H2/b8-4+,9-5+. The fourth-order valence-electron chi connectivity index (χ4n) is 4.59. The highest BCUT2D eigenvalue weighted by Gasteiger charge is 2.05. The molecule has 0 saturated carbocycles. The summed E-state index contributed by atoms with van der Waals surface area (Å²) in [4.78, 5) is 0. The molecule has 4 nitrogen and oxygen atoms in total. The van der Waals surface area contributed by atoms with E-state index in [0.717, 1.165) is 56.0 Å². The maximum Gasteiger partial charge on any atom is 0.120 e. The molecule has 0 amide bonds. The van der Waals surface area contributed by atoms with Gasteiger partial charge in [0.25, 0.3) is 0 Å². The molecule has 0 bridgehead atoms. The quantitative estimate of drug-likeness (QED) is 0.163. The topological polar surface area (TPSA) is 58.9 Å². The summed E-state index contributed by atoms with van der Waals surface area (Å²) in [6, 6.07) is 41.2. The van der Waals surface area contributed by atoms with Crippen LogP contribution in [0.3, 0.4) is 0 Å². The molecule has 0 aliphatic rings. The van der Waals surface area contributed by atoms with Crippen molar-refractivity contribution >= 4 is 12.2 Å². The third kappa shape index (κ3) is 8.07. The molecule has 0 atom stereocenters. The zero-order chi connectivity index (χ0) is 29.0. The summed E-state index contributed by atoms with van der Waals surface area (Å²) < 4.78 is 12.0. The average molecular weight is 555 g/mol. The van der Waals surface area contributed by atoms with Crippen LogP contribution in [0.5, 0.6) is 11.5 Å². The van der Waals surface area contributed by atoms with Crippen molar-refractivity contribution in [1.82, 2.24) is 0 Å². The Kier molecular flexibility index (Phi) is 9.98. The molecule has 0 saturated heterocycles. The predicted octanol–water partition coefficient (Wildman–Crippen LogP) is 8.19. The Balaban J connectivity index is 1.19. The molecule has 2 N–H and O–H groups in total. The molecule has 0 heterocycles. The Morgan fingerprint density at radius 2 is 0.881 bits per heavy atom. The van der Waals surface area contributed by atoms with Crippen LogP contribution in [0.1, 0.15) is 22.3 Å². The van der Waals surface area contributed by atoms with Gasteiger partial charge in [-0.1, -0.05) is 115 Å². The normalized spacial score (nSPS) is 11.3. The average Bonchev–Trinajstić information content (AvgIpc) is 3.05. The second kappa shape index (κ2) is 14.6. The number of hydrogen-bond donors (Lipinski definition) is 2. The molecule has 0 aromatic heterocycles. The van der Waals surface area contributed by atoms with E-state index in [1.807, 2.05) is 60.7 Å². The third-order valence-corrected chi connectivity index (χ3v) is 6.80. The van der Waals surface area contributed by atoms with Crippen molar-refractivity contribution in [2.45, 2.75) is 13.2 Å². The molecule has 0 spiro atoms. The highest BCUT2D eigenvalue weighted by atomic mass is 16.5. The highest BCUT2D eigenvalue weighted by molar-refractivity contribution is 5.73. The van der Waals surface area contributed by atoms with Gasteiger partial charge in [0.1, 0.15) is 24.7 Å². The molecule has 0 aliphatic carbocycles. The van der Waals surface area contributed by atoms with Crippen molar-refractivity contribution in [1.29, 1.82) is 0 Å². The lowest BCUT2D eigenvalue weighted by Gasteiger charge is -2.10. The molecule has 5 aromatic carbocycles. The molecule has 0 fully saturated rings. The maximum absolute atomic E-state index is 8.98. The van der Waals surface area contributed by atoms with Gasteiger partial charge >= 0.3 is 0 Å². The summed E-state index contributed by atoms with van der Waals surface area (Å²) in [6.07, 6.45) is 7.17. The van der Waals surface area contributed by atoms with Gasteiger partial charge in [0.15, 0.2) is 0 Å². The molecule has 42 heavy (non-hydrogen) atoms. The first kappa shape index (κ1) is 28.6. The molecule has 4 heteroatoms. The zero-order valence-corrected chi connectivity index (χ0v) is 23.4. The lowest BCUT2D eigenvalue weighted by molar-refractivity contribution is 0.306. The third-order valence-electron chi connectivity index (χ3n) is 6.80. The smallest absolute Gasteiger partial charge is 0.120 e. The van der Waals surface area contributed by atoms with E-state index >= 15 is 0 Å². The molecule has 210 valence electrons. The number of benzene rings is 5. The fourth-order valence-corrected chi connectivity index (χ4v) is 4.59. The number of aliphatic hydroxyl groups excluding tert-OH is 2. The van der Waals surface area contributed by atoms with Crippen LogP contribution in [0, 0.1) is 0 Å². The monoisotopic (exact) mass is 554 g/mol. The maximum atomic E-state index is 8.98. The van der Waals surface area contributed by atoms with Gasteiger partial charge in [0.05, 0.1) is 13.2 Å². The minimum Gasteiger partial charge on any atom is -0.489 e. The minimum atomic E-state index is 0.0183. The lowest BCUT2D eigenvalue weighted by atomic mass is 9.98. The molecule has 5 aromatic rings. The number of hydrogen-bond acceptors (Lipinski definition) is 4. The van der Waals surface area contributed by atoms with E-state index in [9.17, 15) is 0 Å². The summed E-state index contributed by atoms with van der Waals surface area (Å²) >= 11 is 0. The van der Waals surface area contributed by atoms with E-state index in [2.05, 4.69) is 72.8 Å². The summed E-state index contributed by atoms with van der Waals surface area (Å²) in [6.45, 7) is 1.00. The minimum absolute atomic E-state index is 0.0183. The Labute approximate surface area is 247 Å². The van der Waals surface area contributed by atoms with Crippen molar-refractivity contribution < 1.29 is 19.7 Å². The molecular formula is C38H34O4. The summed E-state index contributed by atoms with van der Waals surface area (Å²) in [5, 5.41) is 18.0. The van der Waals surface area contributed by atoms with Crippen molar-refractivity contribution in [3.63, 3.8) is 0 Å². The Hall–Kier alpha value is -4.90. The molecule has 0 unspecified atom stereocenters. The van der Waals surface area contributed by atoms with Crippen LogP contribution in [0.4, 0.5) is 0 Å². The van der Waals surface area contributed by atoms with Crippen LogP contribution in [0.25, 0.3) is 34.4 Å². The molecule has 0 aliphatic heterocycles. The van der Waals surface area contributed by atoms with Gasteiger partial charge in [-0.2, -0.15) is 0 Å². The van der Waals surface area contributed by atoms with E-state index < -0.39 is 0 Å². The first-order valence-corrected chi connectivity index (χ1v) is 14.0.